The van der Waals surface area contributed by atoms with E-state index in [2.05, 4.69) is 4.98 Å². The molecular weight excluding hydrogens is 400 g/mol. The molecule has 0 saturated carbocycles. The molecule has 1 amide bonds. The number of halogens is 1. The number of amides is 1. The molecule has 8 heteroatoms. The molecule has 0 bridgehead atoms. The normalized spacial score (nSPS) is 15.9. The predicted molar refractivity (Wildman–Crippen MR) is 106 cm³/mol. The number of benzene rings is 2. The van der Waals surface area contributed by atoms with Crippen LogP contribution in [0.2, 0.25) is 5.02 Å². The fourth-order valence-electron chi connectivity index (χ4n) is 3.50. The van der Waals surface area contributed by atoms with E-state index in [1.54, 1.807) is 11.0 Å². The molecule has 6 nitrogen and oxygen atoms in total. The maximum Gasteiger partial charge on any atom is 0.253 e. The van der Waals surface area contributed by atoms with Crippen molar-refractivity contribution in [3.63, 3.8) is 0 Å². The van der Waals surface area contributed by atoms with Gasteiger partial charge in [0.15, 0.2) is 21.3 Å². The minimum absolute atomic E-state index is 0.0265. The van der Waals surface area contributed by atoms with Gasteiger partial charge < -0.3 is 9.32 Å². The zero-order chi connectivity index (χ0) is 19.9. The highest BCUT2D eigenvalue weighted by molar-refractivity contribution is 7.90. The molecule has 0 N–H and O–H groups in total. The molecule has 1 aliphatic rings. The van der Waals surface area contributed by atoms with Gasteiger partial charge >= 0.3 is 0 Å². The Hall–Kier alpha value is -2.38. The zero-order valence-corrected chi connectivity index (χ0v) is 16.8. The van der Waals surface area contributed by atoms with E-state index in [9.17, 15) is 13.2 Å². The van der Waals surface area contributed by atoms with Crippen molar-refractivity contribution in [2.75, 3.05) is 19.3 Å². The van der Waals surface area contributed by atoms with E-state index in [0.29, 0.717) is 24.5 Å². The van der Waals surface area contributed by atoms with Gasteiger partial charge in [-0.25, -0.2) is 13.4 Å². The molecule has 4 rings (SSSR count). The Morgan fingerprint density at radius 1 is 1.18 bits per heavy atom. The SMILES string of the molecule is CS(=O)(=O)c1cc(C(=O)N2CCC(c3nc4ccccc4o3)CC2)ccc1Cl. The first-order valence-corrected chi connectivity index (χ1v) is 11.2. The topological polar surface area (TPSA) is 80.5 Å². The molecule has 0 radical (unpaired) electrons. The average Bonchev–Trinajstić information content (AvgIpc) is 3.11. The summed E-state index contributed by atoms with van der Waals surface area (Å²) in [5.74, 6) is 0.671. The van der Waals surface area contributed by atoms with Crippen LogP contribution in [-0.2, 0) is 9.84 Å². The molecule has 0 aliphatic carbocycles. The highest BCUT2D eigenvalue weighted by atomic mass is 35.5. The lowest BCUT2D eigenvalue weighted by Crippen LogP contribution is -2.38. The fraction of sp³-hybridized carbons (Fsp3) is 0.300. The number of hydrogen-bond acceptors (Lipinski definition) is 5. The number of nitrogens with zero attached hydrogens (tertiary/aromatic N) is 2. The van der Waals surface area contributed by atoms with Gasteiger partial charge in [-0.1, -0.05) is 23.7 Å². The van der Waals surface area contributed by atoms with Crippen LogP contribution in [0.5, 0.6) is 0 Å². The van der Waals surface area contributed by atoms with Crippen LogP contribution in [0.4, 0.5) is 0 Å². The Balaban J connectivity index is 1.48. The quantitative estimate of drug-likeness (QED) is 0.644. The van der Waals surface area contributed by atoms with Crippen molar-refractivity contribution in [1.82, 2.24) is 9.88 Å². The minimum Gasteiger partial charge on any atom is -0.440 e. The summed E-state index contributed by atoms with van der Waals surface area (Å²) >= 11 is 5.97. The predicted octanol–water partition coefficient (Wildman–Crippen LogP) is 3.90. The zero-order valence-electron chi connectivity index (χ0n) is 15.3. The van der Waals surface area contributed by atoms with Gasteiger partial charge in [0.2, 0.25) is 0 Å². The van der Waals surface area contributed by atoms with Gasteiger partial charge in [0.25, 0.3) is 5.91 Å². The third kappa shape index (κ3) is 3.64. The molecule has 146 valence electrons. The largest absolute Gasteiger partial charge is 0.440 e. The first-order valence-electron chi connectivity index (χ1n) is 8.97. The number of piperidine rings is 1. The summed E-state index contributed by atoms with van der Waals surface area (Å²) in [6, 6.07) is 12.0. The lowest BCUT2D eigenvalue weighted by atomic mass is 9.96. The molecule has 0 atom stereocenters. The van der Waals surface area contributed by atoms with Crippen molar-refractivity contribution in [2.45, 2.75) is 23.7 Å². The van der Waals surface area contributed by atoms with Crippen LogP contribution in [-0.4, -0.2) is 43.6 Å². The van der Waals surface area contributed by atoms with E-state index in [-0.39, 0.29) is 21.7 Å². The first-order chi connectivity index (χ1) is 13.3. The summed E-state index contributed by atoms with van der Waals surface area (Å²) in [5.41, 5.74) is 1.93. The smallest absolute Gasteiger partial charge is 0.253 e. The van der Waals surface area contributed by atoms with Gasteiger partial charge in [-0.2, -0.15) is 0 Å². The molecule has 1 aliphatic heterocycles. The standard InChI is InChI=1S/C20H19ClN2O4S/c1-28(25,26)18-12-14(6-7-15(18)21)20(24)23-10-8-13(9-11-23)19-22-16-4-2-3-5-17(16)27-19/h2-7,12-13H,8-11H2,1H3. The lowest BCUT2D eigenvalue weighted by molar-refractivity contribution is 0.0706. The lowest BCUT2D eigenvalue weighted by Gasteiger charge is -2.30. The second-order valence-corrected chi connectivity index (χ2v) is 9.40. The van der Waals surface area contributed by atoms with Crippen LogP contribution in [0.3, 0.4) is 0 Å². The fourth-order valence-corrected chi connectivity index (χ4v) is 4.80. The van der Waals surface area contributed by atoms with E-state index >= 15 is 0 Å². The van der Waals surface area contributed by atoms with Crippen molar-refractivity contribution in [2.24, 2.45) is 0 Å². The summed E-state index contributed by atoms with van der Waals surface area (Å²) in [7, 11) is -3.50. The van der Waals surface area contributed by atoms with Crippen molar-refractivity contribution in [3.8, 4) is 0 Å². The second-order valence-electron chi connectivity index (χ2n) is 7.00. The summed E-state index contributed by atoms with van der Waals surface area (Å²) in [6.45, 7) is 1.11. The molecule has 3 aromatic rings. The highest BCUT2D eigenvalue weighted by Gasteiger charge is 2.28. The molecule has 1 fully saturated rings. The van der Waals surface area contributed by atoms with E-state index < -0.39 is 9.84 Å². The number of fused-ring (bicyclic) bond motifs is 1. The van der Waals surface area contributed by atoms with Gasteiger partial charge in [0.1, 0.15) is 5.52 Å². The number of likely N-dealkylation sites (tertiary alicyclic amines) is 1. The molecule has 0 spiro atoms. The molecular formula is C20H19ClN2O4S. The van der Waals surface area contributed by atoms with Crippen LogP contribution < -0.4 is 0 Å². The summed E-state index contributed by atoms with van der Waals surface area (Å²) in [6.07, 6.45) is 2.56. The number of para-hydroxylation sites is 2. The summed E-state index contributed by atoms with van der Waals surface area (Å²) < 4.78 is 29.6. The average molecular weight is 419 g/mol. The Morgan fingerprint density at radius 3 is 2.57 bits per heavy atom. The minimum atomic E-state index is -3.50. The van der Waals surface area contributed by atoms with Crippen molar-refractivity contribution in [3.05, 3.63) is 58.9 Å². The molecule has 2 heterocycles. The number of carbonyl (C=O) groups excluding carboxylic acids is 1. The van der Waals surface area contributed by atoms with E-state index in [0.717, 1.165) is 30.2 Å². The molecule has 1 saturated heterocycles. The van der Waals surface area contributed by atoms with Gasteiger partial charge in [-0.05, 0) is 43.2 Å². The third-order valence-electron chi connectivity index (χ3n) is 5.02. The van der Waals surface area contributed by atoms with Gasteiger partial charge in [0, 0.05) is 30.8 Å². The Morgan fingerprint density at radius 2 is 1.89 bits per heavy atom. The first kappa shape index (κ1) is 19.0. The van der Waals surface area contributed by atoms with Crippen LogP contribution >= 0.6 is 11.6 Å². The molecule has 1 aromatic heterocycles. The van der Waals surface area contributed by atoms with E-state index in [1.807, 2.05) is 24.3 Å². The summed E-state index contributed by atoms with van der Waals surface area (Å²) in [5, 5.41) is 0.119. The highest BCUT2D eigenvalue weighted by Crippen LogP contribution is 2.31. The van der Waals surface area contributed by atoms with Crippen LogP contribution in [0.1, 0.15) is 35.0 Å². The van der Waals surface area contributed by atoms with Crippen molar-refractivity contribution in [1.29, 1.82) is 0 Å². The Labute approximate surface area is 168 Å². The molecule has 28 heavy (non-hydrogen) atoms. The van der Waals surface area contributed by atoms with Gasteiger partial charge in [-0.3, -0.25) is 4.79 Å². The monoisotopic (exact) mass is 418 g/mol. The number of oxazole rings is 1. The van der Waals surface area contributed by atoms with Crippen molar-refractivity contribution >= 4 is 38.4 Å². The number of sulfone groups is 1. The number of hydrogen-bond donors (Lipinski definition) is 0. The maximum absolute atomic E-state index is 12.8. The Kier molecular flexibility index (Phi) is 4.89. The molecule has 2 aromatic carbocycles. The van der Waals surface area contributed by atoms with Crippen LogP contribution in [0.15, 0.2) is 51.8 Å². The van der Waals surface area contributed by atoms with Crippen LogP contribution in [0.25, 0.3) is 11.1 Å². The Bertz CT molecular complexity index is 1110. The molecule has 0 unspecified atom stereocenters. The van der Waals surface area contributed by atoms with E-state index in [1.165, 1.54) is 12.1 Å². The maximum atomic E-state index is 12.8. The van der Waals surface area contributed by atoms with Gasteiger partial charge in [0.05, 0.1) is 9.92 Å². The third-order valence-corrected chi connectivity index (χ3v) is 6.60. The summed E-state index contributed by atoms with van der Waals surface area (Å²) in [4.78, 5) is 19.1. The van der Waals surface area contributed by atoms with Crippen LogP contribution in [0, 0.1) is 0 Å². The number of carbonyl (C=O) groups is 1. The number of rotatable bonds is 3. The van der Waals surface area contributed by atoms with E-state index in [4.69, 9.17) is 16.0 Å². The van der Waals surface area contributed by atoms with Gasteiger partial charge in [-0.15, -0.1) is 0 Å². The second kappa shape index (κ2) is 7.22. The number of aromatic nitrogens is 1. The van der Waals surface area contributed by atoms with Crippen molar-refractivity contribution < 1.29 is 17.6 Å².